The average Bonchev–Trinajstić information content (AvgIpc) is 3.38. The third kappa shape index (κ3) is 5.46. The molecule has 0 bridgehead atoms. The standard InChI is InChI=1S/C20H19F3N8O5S2/c1-7(38-19-27-29-30-28-19)10-6-37-16-12(15(33)31(16)13(10)17(34)35)26-14(32)11(24)8-2-4-9(5-3-8)25-18(36)20(21,22)23/h2-5,7,11-12,16H,6,24H2,1H3,(H,25,36)(H,26,32)(H,34,35)(H,27,28,29,30)/t7?,11?,12?,16-/m0/s1. The summed E-state index contributed by atoms with van der Waals surface area (Å²) in [6, 6.07) is 2.52. The number of thioether (sulfide) groups is 2. The second kappa shape index (κ2) is 10.6. The van der Waals surface area contributed by atoms with Crippen LogP contribution in [0.2, 0.25) is 0 Å². The molecule has 1 saturated heterocycles. The minimum absolute atomic E-state index is 0.150. The van der Waals surface area contributed by atoms with E-state index in [9.17, 15) is 37.5 Å². The van der Waals surface area contributed by atoms with Gasteiger partial charge in [0.25, 0.3) is 5.91 Å². The number of aromatic nitrogens is 4. The van der Waals surface area contributed by atoms with Crippen LogP contribution in [0.4, 0.5) is 18.9 Å². The molecule has 18 heteroatoms. The van der Waals surface area contributed by atoms with Crippen LogP contribution in [0.25, 0.3) is 0 Å². The van der Waals surface area contributed by atoms with Crippen molar-refractivity contribution in [2.24, 2.45) is 5.73 Å². The number of nitrogens with zero attached hydrogens (tertiary/aromatic N) is 4. The quantitative estimate of drug-likeness (QED) is 0.220. The molecule has 38 heavy (non-hydrogen) atoms. The summed E-state index contributed by atoms with van der Waals surface area (Å²) in [5.41, 5.74) is 6.36. The van der Waals surface area contributed by atoms with Gasteiger partial charge in [0.15, 0.2) is 0 Å². The number of carboxylic acid groups (broad SMARTS) is 1. The van der Waals surface area contributed by atoms with Crippen molar-refractivity contribution in [2.75, 3.05) is 11.1 Å². The molecule has 1 aromatic carbocycles. The van der Waals surface area contributed by atoms with Crippen LogP contribution >= 0.6 is 23.5 Å². The SMILES string of the molecule is CC(Sc1nnn[nH]1)C1=C(C(=O)O)N2C(=O)C(NC(=O)C(N)c3ccc(NC(=O)C(F)(F)F)cc3)[C@@H]2SC1. The number of amides is 3. The molecule has 0 saturated carbocycles. The summed E-state index contributed by atoms with van der Waals surface area (Å²) in [6.07, 6.45) is -5.06. The fraction of sp³-hybridized carbons (Fsp3) is 0.350. The highest BCUT2D eigenvalue weighted by molar-refractivity contribution is 8.01. The highest BCUT2D eigenvalue weighted by atomic mass is 32.2. The Morgan fingerprint density at radius 3 is 2.55 bits per heavy atom. The first-order chi connectivity index (χ1) is 17.9. The second-order valence-corrected chi connectivity index (χ2v) is 10.5. The van der Waals surface area contributed by atoms with E-state index in [1.54, 1.807) is 12.2 Å². The highest BCUT2D eigenvalue weighted by Crippen LogP contribution is 2.43. The molecule has 2 aliphatic rings. The topological polar surface area (TPSA) is 196 Å². The van der Waals surface area contributed by atoms with Gasteiger partial charge in [-0.3, -0.25) is 19.3 Å². The number of halogens is 3. The maximum Gasteiger partial charge on any atom is 0.471 e. The van der Waals surface area contributed by atoms with E-state index in [0.29, 0.717) is 10.7 Å². The molecule has 13 nitrogen and oxygen atoms in total. The molecule has 1 fully saturated rings. The number of alkyl halides is 3. The molecule has 202 valence electrons. The van der Waals surface area contributed by atoms with Crippen LogP contribution in [0.5, 0.6) is 0 Å². The molecule has 0 spiro atoms. The number of aliphatic carboxylic acids is 1. The van der Waals surface area contributed by atoms with Gasteiger partial charge in [0.2, 0.25) is 11.1 Å². The number of H-pyrrole nitrogens is 1. The lowest BCUT2D eigenvalue weighted by Gasteiger charge is -2.50. The lowest BCUT2D eigenvalue weighted by atomic mass is 10.0. The van der Waals surface area contributed by atoms with Crippen LogP contribution < -0.4 is 16.4 Å². The van der Waals surface area contributed by atoms with Crippen molar-refractivity contribution in [2.45, 2.75) is 41.0 Å². The zero-order chi connectivity index (χ0) is 27.8. The minimum Gasteiger partial charge on any atom is -0.477 e. The zero-order valence-electron chi connectivity index (χ0n) is 19.2. The van der Waals surface area contributed by atoms with Gasteiger partial charge in [0.1, 0.15) is 23.2 Å². The summed E-state index contributed by atoms with van der Waals surface area (Å²) < 4.78 is 37.2. The fourth-order valence-corrected chi connectivity index (χ4v) is 6.19. The number of tetrazole rings is 1. The van der Waals surface area contributed by atoms with Crippen LogP contribution in [-0.2, 0) is 19.2 Å². The molecule has 2 aliphatic heterocycles. The van der Waals surface area contributed by atoms with Crippen molar-refractivity contribution < 1.29 is 37.5 Å². The molecule has 1 aromatic heterocycles. The number of benzene rings is 1. The smallest absolute Gasteiger partial charge is 0.471 e. The molecule has 3 heterocycles. The van der Waals surface area contributed by atoms with Crippen molar-refractivity contribution in [1.29, 1.82) is 0 Å². The van der Waals surface area contributed by atoms with Crippen LogP contribution in [0.15, 0.2) is 40.7 Å². The lowest BCUT2D eigenvalue weighted by molar-refractivity contribution is -0.167. The first-order valence-corrected chi connectivity index (χ1v) is 12.7. The van der Waals surface area contributed by atoms with Gasteiger partial charge in [-0.1, -0.05) is 23.9 Å². The van der Waals surface area contributed by atoms with Crippen LogP contribution in [0, 0.1) is 0 Å². The van der Waals surface area contributed by atoms with Crippen molar-refractivity contribution in [1.82, 2.24) is 30.8 Å². The number of anilines is 1. The number of β-lactam (4-membered cyclic amide) rings is 1. The Morgan fingerprint density at radius 2 is 1.97 bits per heavy atom. The number of nitrogens with one attached hydrogen (secondary N) is 3. The van der Waals surface area contributed by atoms with E-state index in [1.807, 2.05) is 0 Å². The Morgan fingerprint density at radius 1 is 1.29 bits per heavy atom. The predicted octanol–water partition coefficient (Wildman–Crippen LogP) is 0.620. The highest BCUT2D eigenvalue weighted by Gasteiger charge is 2.54. The second-order valence-electron chi connectivity index (χ2n) is 8.09. The fourth-order valence-electron chi connectivity index (χ4n) is 3.76. The summed E-state index contributed by atoms with van der Waals surface area (Å²) in [7, 11) is 0. The summed E-state index contributed by atoms with van der Waals surface area (Å²) in [6.45, 7) is 1.76. The molecule has 0 radical (unpaired) electrons. The van der Waals surface area contributed by atoms with Crippen LogP contribution in [0.3, 0.4) is 0 Å². The number of carbonyl (C=O) groups is 4. The largest absolute Gasteiger partial charge is 0.477 e. The van der Waals surface area contributed by atoms with E-state index in [2.05, 4.69) is 25.9 Å². The Kier molecular flexibility index (Phi) is 7.65. The maximum absolute atomic E-state index is 12.9. The molecule has 3 amide bonds. The summed E-state index contributed by atoms with van der Waals surface area (Å²) in [5, 5.41) is 26.7. The number of nitrogens with two attached hydrogens (primary N) is 1. The Bertz CT molecular complexity index is 1290. The van der Waals surface area contributed by atoms with Gasteiger partial charge in [0.05, 0.1) is 0 Å². The van der Waals surface area contributed by atoms with Gasteiger partial charge in [0, 0.05) is 16.7 Å². The van der Waals surface area contributed by atoms with Gasteiger partial charge in [-0.05, 0) is 40.6 Å². The molecule has 6 N–H and O–H groups in total. The van der Waals surface area contributed by atoms with E-state index in [1.165, 1.54) is 35.7 Å². The molecule has 2 aromatic rings. The number of aromatic amines is 1. The molecule has 4 atom stereocenters. The van der Waals surface area contributed by atoms with E-state index in [-0.39, 0.29) is 28.0 Å². The number of carbonyl (C=O) groups excluding carboxylic acids is 3. The minimum atomic E-state index is -5.06. The molecular formula is C20H19F3N8O5S2. The van der Waals surface area contributed by atoms with Gasteiger partial charge < -0.3 is 21.5 Å². The predicted molar refractivity (Wildman–Crippen MR) is 127 cm³/mol. The third-order valence-corrected chi connectivity index (χ3v) is 8.01. The summed E-state index contributed by atoms with van der Waals surface area (Å²) in [4.78, 5) is 49.9. The normalized spacial score (nSPS) is 20.8. The average molecular weight is 573 g/mol. The number of rotatable bonds is 8. The first-order valence-electron chi connectivity index (χ1n) is 10.7. The zero-order valence-corrected chi connectivity index (χ0v) is 20.9. The Hall–Kier alpha value is -3.64. The number of hydrogen-bond acceptors (Lipinski definition) is 10. The number of hydrogen-bond donors (Lipinski definition) is 5. The molecule has 4 rings (SSSR count). The Labute approximate surface area is 220 Å². The monoisotopic (exact) mass is 572 g/mol. The van der Waals surface area contributed by atoms with E-state index >= 15 is 0 Å². The van der Waals surface area contributed by atoms with Crippen molar-refractivity contribution in [3.8, 4) is 0 Å². The number of carboxylic acids is 1. The van der Waals surface area contributed by atoms with Gasteiger partial charge in [-0.25, -0.2) is 9.89 Å². The van der Waals surface area contributed by atoms with Crippen LogP contribution in [0.1, 0.15) is 18.5 Å². The van der Waals surface area contributed by atoms with E-state index in [4.69, 9.17) is 5.73 Å². The van der Waals surface area contributed by atoms with Crippen molar-refractivity contribution >= 4 is 52.9 Å². The lowest BCUT2D eigenvalue weighted by Crippen LogP contribution is -2.71. The van der Waals surface area contributed by atoms with E-state index in [0.717, 1.165) is 17.0 Å². The molecule has 0 aliphatic carbocycles. The van der Waals surface area contributed by atoms with Gasteiger partial charge in [-0.2, -0.15) is 13.2 Å². The Balaban J connectivity index is 1.41. The first kappa shape index (κ1) is 27.4. The van der Waals surface area contributed by atoms with Crippen molar-refractivity contribution in [3.63, 3.8) is 0 Å². The summed E-state index contributed by atoms with van der Waals surface area (Å²) in [5.74, 6) is -4.53. The third-order valence-electron chi connectivity index (χ3n) is 5.67. The summed E-state index contributed by atoms with van der Waals surface area (Å²) >= 11 is 2.47. The van der Waals surface area contributed by atoms with E-state index < -0.39 is 47.3 Å². The number of fused-ring (bicyclic) bond motifs is 1. The van der Waals surface area contributed by atoms with Crippen molar-refractivity contribution in [3.05, 3.63) is 41.1 Å². The molecular weight excluding hydrogens is 553 g/mol. The van der Waals surface area contributed by atoms with Gasteiger partial charge >= 0.3 is 18.1 Å². The molecule has 3 unspecified atom stereocenters. The van der Waals surface area contributed by atoms with Gasteiger partial charge in [-0.15, -0.1) is 16.9 Å². The maximum atomic E-state index is 12.9. The van der Waals surface area contributed by atoms with Crippen LogP contribution in [-0.4, -0.2) is 82.9 Å².